The van der Waals surface area contributed by atoms with Gasteiger partial charge in [0.15, 0.2) is 0 Å². The predicted octanol–water partition coefficient (Wildman–Crippen LogP) is 3.29. The van der Waals surface area contributed by atoms with Crippen molar-refractivity contribution in [1.29, 1.82) is 0 Å². The largest absolute Gasteiger partial charge is 0.465 e. The summed E-state index contributed by atoms with van der Waals surface area (Å²) in [6, 6.07) is 1.90. The monoisotopic (exact) mass is 235 g/mol. The number of esters is 1. The highest BCUT2D eigenvalue weighted by atomic mass is 16.5. The van der Waals surface area contributed by atoms with Gasteiger partial charge in [0.25, 0.3) is 0 Å². The molecule has 0 aliphatic rings. The van der Waals surface area contributed by atoms with Crippen LogP contribution < -0.4 is 0 Å². The fraction of sp³-hybridized carbons (Fsp3) is 0.571. The SMILES string of the molecule is COC(=O)c1c(C(C)C)ccnc1C(C)(C)C. The number of ether oxygens (including phenoxy) is 1. The molecule has 0 amide bonds. The smallest absolute Gasteiger partial charge is 0.340 e. The van der Waals surface area contributed by atoms with Gasteiger partial charge in [-0.05, 0) is 17.5 Å². The van der Waals surface area contributed by atoms with Crippen molar-refractivity contribution in [3.8, 4) is 0 Å². The Morgan fingerprint density at radius 3 is 2.35 bits per heavy atom. The summed E-state index contributed by atoms with van der Waals surface area (Å²) in [6.07, 6.45) is 1.77. The molecule has 0 aliphatic carbocycles. The van der Waals surface area contributed by atoms with Crippen LogP contribution in [0.2, 0.25) is 0 Å². The van der Waals surface area contributed by atoms with Crippen molar-refractivity contribution in [2.24, 2.45) is 0 Å². The summed E-state index contributed by atoms with van der Waals surface area (Å²) < 4.78 is 4.88. The number of hydrogen-bond donors (Lipinski definition) is 0. The van der Waals surface area contributed by atoms with Crippen molar-refractivity contribution in [3.63, 3.8) is 0 Å². The van der Waals surface area contributed by atoms with Crippen molar-refractivity contribution >= 4 is 5.97 Å². The molecule has 0 aliphatic heterocycles. The number of hydrogen-bond acceptors (Lipinski definition) is 3. The number of carbonyl (C=O) groups excluding carboxylic acids is 1. The van der Waals surface area contributed by atoms with Crippen LogP contribution in [-0.2, 0) is 10.2 Å². The molecule has 1 aromatic rings. The molecule has 0 fully saturated rings. The van der Waals surface area contributed by atoms with E-state index < -0.39 is 0 Å². The molecule has 0 spiro atoms. The van der Waals surface area contributed by atoms with Crippen LogP contribution in [0.1, 0.15) is 62.2 Å². The normalized spacial score (nSPS) is 11.7. The van der Waals surface area contributed by atoms with E-state index in [-0.39, 0.29) is 17.3 Å². The van der Waals surface area contributed by atoms with Crippen molar-refractivity contribution in [3.05, 3.63) is 29.1 Å². The Balaban J connectivity index is 3.51. The number of nitrogens with zero attached hydrogens (tertiary/aromatic N) is 1. The molecular weight excluding hydrogens is 214 g/mol. The first-order chi connectivity index (χ1) is 7.79. The molecule has 0 bridgehead atoms. The van der Waals surface area contributed by atoms with Gasteiger partial charge in [-0.15, -0.1) is 0 Å². The average molecular weight is 235 g/mol. The predicted molar refractivity (Wildman–Crippen MR) is 68.4 cm³/mol. The summed E-state index contributed by atoms with van der Waals surface area (Å²) in [5, 5.41) is 0. The highest BCUT2D eigenvalue weighted by Gasteiger charge is 2.27. The Bertz CT molecular complexity index is 417. The maximum Gasteiger partial charge on any atom is 0.340 e. The Kier molecular flexibility index (Phi) is 3.91. The molecule has 1 heterocycles. The zero-order chi connectivity index (χ0) is 13.2. The van der Waals surface area contributed by atoms with E-state index in [2.05, 4.69) is 18.8 Å². The molecule has 0 atom stereocenters. The minimum atomic E-state index is -0.299. The highest BCUT2D eigenvalue weighted by Crippen LogP contribution is 2.29. The van der Waals surface area contributed by atoms with Gasteiger partial charge in [0.1, 0.15) is 0 Å². The van der Waals surface area contributed by atoms with Gasteiger partial charge in [-0.1, -0.05) is 34.6 Å². The van der Waals surface area contributed by atoms with Crippen molar-refractivity contribution in [1.82, 2.24) is 4.98 Å². The molecule has 0 aromatic carbocycles. The van der Waals surface area contributed by atoms with E-state index in [1.54, 1.807) is 6.20 Å². The Morgan fingerprint density at radius 2 is 1.94 bits per heavy atom. The van der Waals surface area contributed by atoms with E-state index in [0.29, 0.717) is 5.56 Å². The van der Waals surface area contributed by atoms with E-state index in [1.807, 2.05) is 26.8 Å². The second-order valence-electron chi connectivity index (χ2n) is 5.52. The molecule has 0 saturated heterocycles. The fourth-order valence-corrected chi connectivity index (χ4v) is 1.84. The Morgan fingerprint density at radius 1 is 1.35 bits per heavy atom. The minimum absolute atomic E-state index is 0.172. The topological polar surface area (TPSA) is 39.2 Å². The minimum Gasteiger partial charge on any atom is -0.465 e. The van der Waals surface area contributed by atoms with Crippen LogP contribution in [0.15, 0.2) is 12.3 Å². The van der Waals surface area contributed by atoms with Gasteiger partial charge in [-0.25, -0.2) is 4.79 Å². The number of carbonyl (C=O) groups is 1. The molecule has 1 rings (SSSR count). The zero-order valence-electron chi connectivity index (χ0n) is 11.5. The number of aromatic nitrogens is 1. The van der Waals surface area contributed by atoms with Gasteiger partial charge >= 0.3 is 5.97 Å². The van der Waals surface area contributed by atoms with Crippen molar-refractivity contribution in [2.45, 2.75) is 46.0 Å². The van der Waals surface area contributed by atoms with E-state index in [9.17, 15) is 4.79 Å². The molecule has 94 valence electrons. The molecule has 17 heavy (non-hydrogen) atoms. The maximum atomic E-state index is 11.9. The second-order valence-corrected chi connectivity index (χ2v) is 5.52. The van der Waals surface area contributed by atoms with Crippen LogP contribution in [-0.4, -0.2) is 18.1 Å². The fourth-order valence-electron chi connectivity index (χ4n) is 1.84. The summed E-state index contributed by atoms with van der Waals surface area (Å²) in [7, 11) is 1.41. The van der Waals surface area contributed by atoms with Gasteiger partial charge in [0.2, 0.25) is 0 Å². The highest BCUT2D eigenvalue weighted by molar-refractivity contribution is 5.92. The third-order valence-electron chi connectivity index (χ3n) is 2.71. The maximum absolute atomic E-state index is 11.9. The molecule has 0 saturated carbocycles. The molecule has 1 aromatic heterocycles. The van der Waals surface area contributed by atoms with Crippen LogP contribution in [0.3, 0.4) is 0 Å². The number of pyridine rings is 1. The number of methoxy groups -OCH3 is 1. The van der Waals surface area contributed by atoms with Crippen molar-refractivity contribution < 1.29 is 9.53 Å². The van der Waals surface area contributed by atoms with Crippen LogP contribution in [0, 0.1) is 0 Å². The lowest BCUT2D eigenvalue weighted by molar-refractivity contribution is 0.0595. The summed E-state index contributed by atoms with van der Waals surface area (Å²) in [5.74, 6) is -0.0278. The van der Waals surface area contributed by atoms with Gasteiger partial charge in [-0.2, -0.15) is 0 Å². The van der Waals surface area contributed by atoms with Crippen LogP contribution in [0.25, 0.3) is 0 Å². The van der Waals surface area contributed by atoms with Gasteiger partial charge in [0.05, 0.1) is 18.4 Å². The van der Waals surface area contributed by atoms with Crippen molar-refractivity contribution in [2.75, 3.05) is 7.11 Å². The van der Waals surface area contributed by atoms with E-state index in [1.165, 1.54) is 7.11 Å². The average Bonchev–Trinajstić information content (AvgIpc) is 2.25. The summed E-state index contributed by atoms with van der Waals surface area (Å²) in [5.41, 5.74) is 2.25. The number of rotatable bonds is 2. The zero-order valence-corrected chi connectivity index (χ0v) is 11.5. The first-order valence-corrected chi connectivity index (χ1v) is 5.86. The molecular formula is C14H21NO2. The second kappa shape index (κ2) is 4.86. The summed E-state index contributed by atoms with van der Waals surface area (Å²) in [6.45, 7) is 10.3. The lowest BCUT2D eigenvalue weighted by Crippen LogP contribution is -2.22. The van der Waals surface area contributed by atoms with Crippen LogP contribution in [0.4, 0.5) is 0 Å². The van der Waals surface area contributed by atoms with E-state index in [4.69, 9.17) is 4.74 Å². The standard InChI is InChI=1S/C14H21NO2/c1-9(2)10-7-8-15-12(14(3,4)5)11(10)13(16)17-6/h7-9H,1-6H3. The first-order valence-electron chi connectivity index (χ1n) is 5.86. The lowest BCUT2D eigenvalue weighted by Gasteiger charge is -2.23. The van der Waals surface area contributed by atoms with Gasteiger partial charge in [-0.3, -0.25) is 4.98 Å². The first kappa shape index (κ1) is 13.7. The lowest BCUT2D eigenvalue weighted by atomic mass is 9.84. The van der Waals surface area contributed by atoms with E-state index >= 15 is 0 Å². The Hall–Kier alpha value is -1.38. The molecule has 0 radical (unpaired) electrons. The molecule has 3 nitrogen and oxygen atoms in total. The van der Waals surface area contributed by atoms with E-state index in [0.717, 1.165) is 11.3 Å². The Labute approximate surface area is 103 Å². The van der Waals surface area contributed by atoms with Crippen LogP contribution in [0.5, 0.6) is 0 Å². The quantitative estimate of drug-likeness (QED) is 0.738. The third-order valence-corrected chi connectivity index (χ3v) is 2.71. The van der Waals surface area contributed by atoms with Crippen LogP contribution >= 0.6 is 0 Å². The molecule has 3 heteroatoms. The third kappa shape index (κ3) is 2.84. The summed E-state index contributed by atoms with van der Waals surface area (Å²) in [4.78, 5) is 16.3. The van der Waals surface area contributed by atoms with Gasteiger partial charge < -0.3 is 4.74 Å². The summed E-state index contributed by atoms with van der Waals surface area (Å²) >= 11 is 0. The molecule has 0 unspecified atom stereocenters. The van der Waals surface area contributed by atoms with Gasteiger partial charge in [0, 0.05) is 11.6 Å². The molecule has 0 N–H and O–H groups in total.